The summed E-state index contributed by atoms with van der Waals surface area (Å²) in [6, 6.07) is 0. The van der Waals surface area contributed by atoms with E-state index in [-0.39, 0.29) is 5.97 Å². The van der Waals surface area contributed by atoms with Crippen molar-refractivity contribution in [3.05, 3.63) is 0 Å². The molecular weight excluding hydrogens is 352 g/mol. The third kappa shape index (κ3) is 23.0. The minimum absolute atomic E-state index is 0.0787. The summed E-state index contributed by atoms with van der Waals surface area (Å²) < 4.78 is 4.64. The van der Waals surface area contributed by atoms with Crippen LogP contribution in [0.15, 0.2) is 0 Å². The van der Waals surface area contributed by atoms with E-state index in [0.29, 0.717) is 12.8 Å². The second-order valence-corrected chi connectivity index (χ2v) is 8.19. The summed E-state index contributed by atoms with van der Waals surface area (Å²) in [4.78, 5) is 21.4. The molecule has 28 heavy (non-hydrogen) atoms. The SMILES string of the molecule is COC(=O)CCCCCCCCCCCCCCCCCCCCCC(=O)O. The van der Waals surface area contributed by atoms with E-state index in [1.165, 1.54) is 103 Å². The Morgan fingerprint density at radius 3 is 1.00 bits per heavy atom. The highest BCUT2D eigenvalue weighted by molar-refractivity contribution is 5.69. The second-order valence-electron chi connectivity index (χ2n) is 8.19. The standard InChI is InChI=1S/C24H46O4/c1-28-24(27)22-20-18-16-14-12-10-8-6-4-2-3-5-7-9-11-13-15-17-19-21-23(25)26/h2-22H2,1H3,(H,25,26). The van der Waals surface area contributed by atoms with Gasteiger partial charge in [0.15, 0.2) is 0 Å². The molecule has 0 aromatic heterocycles. The monoisotopic (exact) mass is 398 g/mol. The van der Waals surface area contributed by atoms with Crippen LogP contribution in [-0.4, -0.2) is 24.2 Å². The van der Waals surface area contributed by atoms with Gasteiger partial charge in [0.05, 0.1) is 7.11 Å². The van der Waals surface area contributed by atoms with Crippen LogP contribution in [0, 0.1) is 0 Å². The van der Waals surface area contributed by atoms with Gasteiger partial charge in [0.25, 0.3) is 0 Å². The van der Waals surface area contributed by atoms with Gasteiger partial charge in [-0.05, 0) is 12.8 Å². The fourth-order valence-corrected chi connectivity index (χ4v) is 3.65. The normalized spacial score (nSPS) is 10.9. The van der Waals surface area contributed by atoms with E-state index in [1.54, 1.807) is 0 Å². The number of carbonyl (C=O) groups excluding carboxylic acids is 1. The van der Waals surface area contributed by atoms with Crippen LogP contribution in [0.5, 0.6) is 0 Å². The number of hydrogen-bond donors (Lipinski definition) is 1. The van der Waals surface area contributed by atoms with Gasteiger partial charge in [-0.2, -0.15) is 0 Å². The summed E-state index contributed by atoms with van der Waals surface area (Å²) in [7, 11) is 1.46. The van der Waals surface area contributed by atoms with Gasteiger partial charge in [0.1, 0.15) is 0 Å². The minimum atomic E-state index is -0.663. The Balaban J connectivity index is 3.03. The lowest BCUT2D eigenvalue weighted by Gasteiger charge is -2.04. The molecule has 0 aliphatic rings. The maximum atomic E-state index is 11.0. The number of aliphatic carboxylic acids is 1. The first-order valence-corrected chi connectivity index (χ1v) is 12.0. The van der Waals surface area contributed by atoms with Gasteiger partial charge in [0, 0.05) is 12.8 Å². The summed E-state index contributed by atoms with van der Waals surface area (Å²) in [5.74, 6) is -0.742. The Morgan fingerprint density at radius 2 is 0.750 bits per heavy atom. The van der Waals surface area contributed by atoms with Crippen molar-refractivity contribution in [2.45, 2.75) is 135 Å². The molecule has 0 spiro atoms. The Kier molecular flexibility index (Phi) is 21.4. The van der Waals surface area contributed by atoms with Crippen LogP contribution in [0.25, 0.3) is 0 Å². The molecule has 0 aromatic carbocycles. The molecule has 1 N–H and O–H groups in total. The first-order valence-electron chi connectivity index (χ1n) is 12.0. The number of hydrogen-bond acceptors (Lipinski definition) is 3. The number of esters is 1. The van der Waals surface area contributed by atoms with Crippen LogP contribution in [0.3, 0.4) is 0 Å². The predicted molar refractivity (Wildman–Crippen MR) is 117 cm³/mol. The lowest BCUT2D eigenvalue weighted by Crippen LogP contribution is -1.99. The molecule has 0 radical (unpaired) electrons. The largest absolute Gasteiger partial charge is 0.481 e. The molecule has 0 aromatic rings. The van der Waals surface area contributed by atoms with Gasteiger partial charge in [-0.1, -0.05) is 109 Å². The van der Waals surface area contributed by atoms with Gasteiger partial charge in [-0.15, -0.1) is 0 Å². The number of carboxylic acid groups (broad SMARTS) is 1. The van der Waals surface area contributed by atoms with Gasteiger partial charge >= 0.3 is 11.9 Å². The Hall–Kier alpha value is -1.06. The highest BCUT2D eigenvalue weighted by Crippen LogP contribution is 2.15. The molecular formula is C24H46O4. The topological polar surface area (TPSA) is 63.6 Å². The van der Waals surface area contributed by atoms with Crippen LogP contribution >= 0.6 is 0 Å². The molecule has 4 nitrogen and oxygen atoms in total. The lowest BCUT2D eigenvalue weighted by molar-refractivity contribution is -0.141. The van der Waals surface area contributed by atoms with Gasteiger partial charge in [-0.25, -0.2) is 0 Å². The van der Waals surface area contributed by atoms with Crippen molar-refractivity contribution < 1.29 is 19.4 Å². The average molecular weight is 399 g/mol. The second kappa shape index (κ2) is 22.2. The number of carboxylic acids is 1. The van der Waals surface area contributed by atoms with Crippen LogP contribution in [0.4, 0.5) is 0 Å². The van der Waals surface area contributed by atoms with E-state index in [9.17, 15) is 9.59 Å². The van der Waals surface area contributed by atoms with E-state index in [2.05, 4.69) is 4.74 Å². The van der Waals surface area contributed by atoms with Crippen molar-refractivity contribution in [1.82, 2.24) is 0 Å². The number of ether oxygens (including phenoxy) is 1. The Labute approximate surface area is 173 Å². The van der Waals surface area contributed by atoms with E-state index in [0.717, 1.165) is 25.7 Å². The van der Waals surface area contributed by atoms with Crippen LogP contribution in [0.1, 0.15) is 135 Å². The molecule has 0 rings (SSSR count). The Morgan fingerprint density at radius 1 is 0.500 bits per heavy atom. The highest BCUT2D eigenvalue weighted by Gasteiger charge is 1.99. The zero-order valence-corrected chi connectivity index (χ0v) is 18.5. The molecule has 166 valence electrons. The zero-order valence-electron chi connectivity index (χ0n) is 18.5. The van der Waals surface area contributed by atoms with Crippen LogP contribution in [0.2, 0.25) is 0 Å². The van der Waals surface area contributed by atoms with Crippen LogP contribution < -0.4 is 0 Å². The maximum absolute atomic E-state index is 11.0. The highest BCUT2D eigenvalue weighted by atomic mass is 16.5. The van der Waals surface area contributed by atoms with E-state index in [1.807, 2.05) is 0 Å². The molecule has 0 heterocycles. The van der Waals surface area contributed by atoms with Crippen molar-refractivity contribution in [3.8, 4) is 0 Å². The first-order chi connectivity index (χ1) is 13.7. The number of carbonyl (C=O) groups is 2. The van der Waals surface area contributed by atoms with Crippen molar-refractivity contribution in [3.63, 3.8) is 0 Å². The summed E-state index contributed by atoms with van der Waals surface area (Å²) in [5, 5.41) is 8.57. The predicted octanol–water partition coefficient (Wildman–Crippen LogP) is 7.44. The summed E-state index contributed by atoms with van der Waals surface area (Å²) in [6.07, 6.45) is 25.0. The maximum Gasteiger partial charge on any atom is 0.305 e. The molecule has 0 aliphatic carbocycles. The fraction of sp³-hybridized carbons (Fsp3) is 0.917. The first kappa shape index (κ1) is 26.9. The molecule has 0 fully saturated rings. The molecule has 0 unspecified atom stereocenters. The molecule has 4 heteroatoms. The van der Waals surface area contributed by atoms with Gasteiger partial charge in [-0.3, -0.25) is 9.59 Å². The van der Waals surface area contributed by atoms with Gasteiger partial charge < -0.3 is 9.84 Å². The number of rotatable bonds is 22. The smallest absolute Gasteiger partial charge is 0.305 e. The van der Waals surface area contributed by atoms with E-state index in [4.69, 9.17) is 5.11 Å². The molecule has 0 saturated carbocycles. The van der Waals surface area contributed by atoms with Crippen LogP contribution in [-0.2, 0) is 14.3 Å². The van der Waals surface area contributed by atoms with Crippen molar-refractivity contribution in [1.29, 1.82) is 0 Å². The number of unbranched alkanes of at least 4 members (excludes halogenated alkanes) is 18. The lowest BCUT2D eigenvalue weighted by atomic mass is 10.0. The fourth-order valence-electron chi connectivity index (χ4n) is 3.65. The average Bonchev–Trinajstić information content (AvgIpc) is 2.68. The molecule has 0 atom stereocenters. The Bertz CT molecular complexity index is 355. The molecule has 0 bridgehead atoms. The van der Waals surface area contributed by atoms with E-state index >= 15 is 0 Å². The molecule has 0 aliphatic heterocycles. The van der Waals surface area contributed by atoms with E-state index < -0.39 is 5.97 Å². The summed E-state index contributed by atoms with van der Waals surface area (Å²) >= 11 is 0. The minimum Gasteiger partial charge on any atom is -0.481 e. The summed E-state index contributed by atoms with van der Waals surface area (Å²) in [6.45, 7) is 0. The van der Waals surface area contributed by atoms with Gasteiger partial charge in [0.2, 0.25) is 0 Å². The van der Waals surface area contributed by atoms with Crippen molar-refractivity contribution in [2.75, 3.05) is 7.11 Å². The zero-order chi connectivity index (χ0) is 20.7. The number of methoxy groups -OCH3 is 1. The quantitative estimate of drug-likeness (QED) is 0.152. The third-order valence-corrected chi connectivity index (χ3v) is 5.50. The molecule has 0 saturated heterocycles. The third-order valence-electron chi connectivity index (χ3n) is 5.50. The van der Waals surface area contributed by atoms with Crippen molar-refractivity contribution in [2.24, 2.45) is 0 Å². The molecule has 0 amide bonds. The summed E-state index contributed by atoms with van der Waals surface area (Å²) in [5.41, 5.74) is 0. The van der Waals surface area contributed by atoms with Crippen molar-refractivity contribution >= 4 is 11.9 Å².